The average Bonchev–Trinajstić information content (AvgIpc) is 2.14. The summed E-state index contributed by atoms with van der Waals surface area (Å²) in [5.41, 5.74) is 0.890. The highest BCUT2D eigenvalue weighted by atomic mass is 35.5. The van der Waals surface area contributed by atoms with Crippen LogP contribution in [0.5, 0.6) is 0 Å². The lowest BCUT2D eigenvalue weighted by atomic mass is 10.2. The number of hydrogen-bond acceptors (Lipinski definition) is 3. The summed E-state index contributed by atoms with van der Waals surface area (Å²) in [4.78, 5) is 0.0308. The number of rotatable bonds is 4. The first-order valence-corrected chi connectivity index (χ1v) is 6.20. The molecule has 1 aromatic carbocycles. The van der Waals surface area contributed by atoms with Gasteiger partial charge in [0.25, 0.3) is 0 Å². The molecule has 0 aromatic heterocycles. The quantitative estimate of drug-likeness (QED) is 0.834. The first kappa shape index (κ1) is 12.4. The number of aliphatic hydroxyl groups excluding tert-OH is 1. The van der Waals surface area contributed by atoms with E-state index in [0.29, 0.717) is 0 Å². The van der Waals surface area contributed by atoms with Gasteiger partial charge < -0.3 is 5.11 Å². The molecule has 15 heavy (non-hydrogen) atoms. The minimum absolute atomic E-state index is 0.0213. The van der Waals surface area contributed by atoms with Crippen molar-refractivity contribution in [2.24, 2.45) is 0 Å². The van der Waals surface area contributed by atoms with Crippen LogP contribution in [0.1, 0.15) is 5.56 Å². The Morgan fingerprint density at radius 2 is 2.13 bits per heavy atom. The normalized spacial score (nSPS) is 11.7. The van der Waals surface area contributed by atoms with Crippen molar-refractivity contribution in [3.8, 4) is 0 Å². The molecule has 0 fully saturated rings. The molecule has 0 spiro atoms. The molecule has 2 N–H and O–H groups in total. The zero-order chi connectivity index (χ0) is 11.5. The molecule has 0 heterocycles. The molecule has 84 valence electrons. The van der Waals surface area contributed by atoms with E-state index < -0.39 is 10.0 Å². The van der Waals surface area contributed by atoms with E-state index in [9.17, 15) is 8.42 Å². The van der Waals surface area contributed by atoms with Crippen LogP contribution in [0.4, 0.5) is 0 Å². The van der Waals surface area contributed by atoms with Gasteiger partial charge in [-0.25, -0.2) is 13.1 Å². The molecule has 4 nitrogen and oxygen atoms in total. The molecule has 0 bridgehead atoms. The molecule has 0 amide bonds. The zero-order valence-corrected chi connectivity index (χ0v) is 9.77. The second-order valence-electron chi connectivity index (χ2n) is 3.06. The van der Waals surface area contributed by atoms with Gasteiger partial charge in [0.1, 0.15) is 4.90 Å². The summed E-state index contributed by atoms with van der Waals surface area (Å²) >= 11 is 5.81. The molecule has 0 atom stereocenters. The van der Waals surface area contributed by atoms with E-state index in [1.807, 2.05) is 6.92 Å². The van der Waals surface area contributed by atoms with Crippen molar-refractivity contribution in [2.45, 2.75) is 11.8 Å². The monoisotopic (exact) mass is 249 g/mol. The minimum Gasteiger partial charge on any atom is -0.395 e. The molecule has 0 aliphatic carbocycles. The van der Waals surface area contributed by atoms with Crippen molar-refractivity contribution < 1.29 is 13.5 Å². The van der Waals surface area contributed by atoms with Crippen LogP contribution in [0.3, 0.4) is 0 Å². The van der Waals surface area contributed by atoms with E-state index in [-0.39, 0.29) is 23.1 Å². The molecule has 6 heteroatoms. The van der Waals surface area contributed by atoms with Crippen LogP contribution < -0.4 is 4.72 Å². The van der Waals surface area contributed by atoms with Crippen molar-refractivity contribution in [1.82, 2.24) is 4.72 Å². The fourth-order valence-electron chi connectivity index (χ4n) is 1.08. The lowest BCUT2D eigenvalue weighted by molar-refractivity contribution is 0.301. The molecule has 0 saturated heterocycles. The Kier molecular flexibility index (Phi) is 4.10. The minimum atomic E-state index is -3.61. The zero-order valence-electron chi connectivity index (χ0n) is 8.20. The van der Waals surface area contributed by atoms with Crippen molar-refractivity contribution in [1.29, 1.82) is 0 Å². The summed E-state index contributed by atoms with van der Waals surface area (Å²) < 4.78 is 25.5. The summed E-state index contributed by atoms with van der Waals surface area (Å²) in [6.45, 7) is 1.55. The second-order valence-corrected chi connectivity index (χ2v) is 5.20. The SMILES string of the molecule is Cc1ccc(S(=O)(=O)NCCO)c(Cl)c1. The Morgan fingerprint density at radius 3 is 2.67 bits per heavy atom. The number of sulfonamides is 1. The van der Waals surface area contributed by atoms with Crippen LogP contribution >= 0.6 is 11.6 Å². The van der Waals surface area contributed by atoms with E-state index in [1.165, 1.54) is 6.07 Å². The summed E-state index contributed by atoms with van der Waals surface area (Å²) in [5.74, 6) is 0. The highest BCUT2D eigenvalue weighted by Gasteiger charge is 2.16. The molecule has 0 unspecified atom stereocenters. The van der Waals surface area contributed by atoms with E-state index in [2.05, 4.69) is 4.72 Å². The summed E-state index contributed by atoms with van der Waals surface area (Å²) in [6.07, 6.45) is 0. The second kappa shape index (κ2) is 4.94. The van der Waals surface area contributed by atoms with E-state index in [1.54, 1.807) is 12.1 Å². The predicted octanol–water partition coefficient (Wildman–Crippen LogP) is 0.919. The number of aliphatic hydroxyl groups is 1. The van der Waals surface area contributed by atoms with Gasteiger partial charge >= 0.3 is 0 Å². The van der Waals surface area contributed by atoms with Gasteiger partial charge in [-0.15, -0.1) is 0 Å². The lowest BCUT2D eigenvalue weighted by Crippen LogP contribution is -2.26. The molecule has 0 aliphatic rings. The van der Waals surface area contributed by atoms with Crippen LogP contribution in [0.15, 0.2) is 23.1 Å². The predicted molar refractivity (Wildman–Crippen MR) is 58.5 cm³/mol. The molecule has 1 aromatic rings. The maximum Gasteiger partial charge on any atom is 0.242 e. The summed E-state index contributed by atoms with van der Waals surface area (Å²) in [5, 5.41) is 8.71. The average molecular weight is 250 g/mol. The Hall–Kier alpha value is -0.620. The highest BCUT2D eigenvalue weighted by Crippen LogP contribution is 2.21. The molecular weight excluding hydrogens is 238 g/mol. The van der Waals surface area contributed by atoms with Crippen LogP contribution in [0.25, 0.3) is 0 Å². The third-order valence-electron chi connectivity index (χ3n) is 1.78. The third-order valence-corrected chi connectivity index (χ3v) is 3.72. The Bertz CT molecular complexity index is 445. The van der Waals surface area contributed by atoms with Crippen molar-refractivity contribution >= 4 is 21.6 Å². The van der Waals surface area contributed by atoms with Crippen LogP contribution in [0, 0.1) is 6.92 Å². The van der Waals surface area contributed by atoms with Crippen LogP contribution in [-0.4, -0.2) is 26.7 Å². The van der Waals surface area contributed by atoms with Gasteiger partial charge in [0.15, 0.2) is 0 Å². The molecule has 0 radical (unpaired) electrons. The highest BCUT2D eigenvalue weighted by molar-refractivity contribution is 7.89. The molecule has 1 rings (SSSR count). The standard InChI is InChI=1S/C9H12ClNO3S/c1-7-2-3-9(8(10)6-7)15(13,14)11-4-5-12/h2-3,6,11-12H,4-5H2,1H3. The molecule has 0 saturated carbocycles. The number of aryl methyl sites for hydroxylation is 1. The van der Waals surface area contributed by atoms with Crippen LogP contribution in [0.2, 0.25) is 5.02 Å². The van der Waals surface area contributed by atoms with Gasteiger partial charge in [-0.1, -0.05) is 17.7 Å². The number of benzene rings is 1. The van der Waals surface area contributed by atoms with Gasteiger partial charge in [0.2, 0.25) is 10.0 Å². The van der Waals surface area contributed by atoms with E-state index >= 15 is 0 Å². The van der Waals surface area contributed by atoms with Gasteiger partial charge in [0.05, 0.1) is 11.6 Å². The Morgan fingerprint density at radius 1 is 1.47 bits per heavy atom. The van der Waals surface area contributed by atoms with Crippen molar-refractivity contribution in [3.63, 3.8) is 0 Å². The third kappa shape index (κ3) is 3.17. The van der Waals surface area contributed by atoms with Gasteiger partial charge in [-0.3, -0.25) is 0 Å². The fraction of sp³-hybridized carbons (Fsp3) is 0.333. The lowest BCUT2D eigenvalue weighted by Gasteiger charge is -2.07. The first-order valence-electron chi connectivity index (χ1n) is 4.34. The van der Waals surface area contributed by atoms with E-state index in [0.717, 1.165) is 5.56 Å². The fourth-order valence-corrected chi connectivity index (χ4v) is 2.70. The van der Waals surface area contributed by atoms with Crippen molar-refractivity contribution in [3.05, 3.63) is 28.8 Å². The maximum absolute atomic E-state index is 11.6. The Balaban J connectivity index is 3.05. The topological polar surface area (TPSA) is 66.4 Å². The van der Waals surface area contributed by atoms with Crippen molar-refractivity contribution in [2.75, 3.05) is 13.2 Å². The first-order chi connectivity index (χ1) is 6.97. The number of nitrogens with one attached hydrogen (secondary N) is 1. The largest absolute Gasteiger partial charge is 0.395 e. The maximum atomic E-state index is 11.6. The summed E-state index contributed by atoms with van der Waals surface area (Å²) in [7, 11) is -3.61. The Labute approximate surface area is 93.9 Å². The number of hydrogen-bond donors (Lipinski definition) is 2. The van der Waals surface area contributed by atoms with Gasteiger partial charge in [0, 0.05) is 6.54 Å². The number of halogens is 1. The van der Waals surface area contributed by atoms with Gasteiger partial charge in [-0.05, 0) is 24.6 Å². The molecular formula is C9H12ClNO3S. The summed E-state index contributed by atoms with van der Waals surface area (Å²) in [6, 6.07) is 4.69. The van der Waals surface area contributed by atoms with Crippen LogP contribution in [-0.2, 0) is 10.0 Å². The smallest absolute Gasteiger partial charge is 0.242 e. The molecule has 0 aliphatic heterocycles. The van der Waals surface area contributed by atoms with Gasteiger partial charge in [-0.2, -0.15) is 0 Å². The van der Waals surface area contributed by atoms with E-state index in [4.69, 9.17) is 16.7 Å².